The fraction of sp³-hybridized carbons (Fsp3) is 0.400. The Morgan fingerprint density at radius 3 is 2.62 bits per heavy atom. The average molecular weight is 241 g/mol. The molecular formula is C10H15N3O2S. The first-order valence-electron chi connectivity index (χ1n) is 5.02. The molecule has 1 aromatic rings. The van der Waals surface area contributed by atoms with E-state index in [1.807, 2.05) is 19.1 Å². The third-order valence-electron chi connectivity index (χ3n) is 2.01. The highest BCUT2D eigenvalue weighted by atomic mass is 32.2. The molecule has 5 nitrogen and oxygen atoms in total. The molecule has 0 bridgehead atoms. The first-order chi connectivity index (χ1) is 7.80. The quantitative estimate of drug-likeness (QED) is 0.436. The summed E-state index contributed by atoms with van der Waals surface area (Å²) in [5, 5.41) is 11.5. The van der Waals surface area contributed by atoms with E-state index in [-0.39, 0.29) is 0 Å². The number of rotatable bonds is 7. The predicted octanol–water partition coefficient (Wildman–Crippen LogP) is 2.58. The molecule has 0 unspecified atom stereocenters. The molecule has 0 aliphatic carbocycles. The predicted molar refractivity (Wildman–Crippen MR) is 65.6 cm³/mol. The zero-order valence-electron chi connectivity index (χ0n) is 9.09. The van der Waals surface area contributed by atoms with E-state index >= 15 is 0 Å². The summed E-state index contributed by atoms with van der Waals surface area (Å²) < 4.78 is 2.06. The van der Waals surface area contributed by atoms with Gasteiger partial charge >= 0.3 is 0 Å². The van der Waals surface area contributed by atoms with Crippen LogP contribution < -0.4 is 5.48 Å². The maximum Gasteiger partial charge on any atom is 0.0947 e. The van der Waals surface area contributed by atoms with Crippen molar-refractivity contribution in [2.24, 2.45) is 5.18 Å². The van der Waals surface area contributed by atoms with E-state index in [1.54, 1.807) is 24.1 Å². The van der Waals surface area contributed by atoms with Crippen molar-refractivity contribution in [3.63, 3.8) is 0 Å². The second kappa shape index (κ2) is 7.21. The Morgan fingerprint density at radius 1 is 1.44 bits per heavy atom. The second-order valence-corrected chi connectivity index (χ2v) is 4.27. The first kappa shape index (κ1) is 13.0. The van der Waals surface area contributed by atoms with Crippen LogP contribution in [0.15, 0.2) is 34.3 Å². The van der Waals surface area contributed by atoms with Gasteiger partial charge in [0.25, 0.3) is 0 Å². The minimum absolute atomic E-state index is 0.303. The number of anilines is 1. The number of hydrogen-bond donors (Lipinski definition) is 2. The standard InChI is InChI=1S/C10H15N3O2S/c1-2-13(8-7-11-14)16-10-5-3-9(12-15)4-6-10/h3-6,12,15H,2,7-8H2,1H3. The van der Waals surface area contributed by atoms with Crippen LogP contribution >= 0.6 is 11.9 Å². The Bertz CT molecular complexity index is 318. The van der Waals surface area contributed by atoms with Gasteiger partial charge in [0.05, 0.1) is 12.2 Å². The van der Waals surface area contributed by atoms with Crippen molar-refractivity contribution in [2.45, 2.75) is 11.8 Å². The van der Waals surface area contributed by atoms with Gasteiger partial charge < -0.3 is 0 Å². The molecule has 0 aliphatic rings. The molecule has 0 atom stereocenters. The summed E-state index contributed by atoms with van der Waals surface area (Å²) in [6.07, 6.45) is 0. The fourth-order valence-electron chi connectivity index (χ4n) is 1.16. The van der Waals surface area contributed by atoms with Gasteiger partial charge in [0.1, 0.15) is 0 Å². The molecular weight excluding hydrogens is 226 g/mol. The van der Waals surface area contributed by atoms with Crippen LogP contribution in [0.25, 0.3) is 0 Å². The number of likely N-dealkylation sites (N-methyl/N-ethyl adjacent to an activating group) is 1. The molecule has 0 heterocycles. The van der Waals surface area contributed by atoms with E-state index < -0.39 is 0 Å². The van der Waals surface area contributed by atoms with Gasteiger partial charge in [0.2, 0.25) is 0 Å². The van der Waals surface area contributed by atoms with Crippen LogP contribution in [0.2, 0.25) is 0 Å². The summed E-state index contributed by atoms with van der Waals surface area (Å²) in [6, 6.07) is 7.38. The third kappa shape index (κ3) is 4.18. The van der Waals surface area contributed by atoms with Gasteiger partial charge in [-0.2, -0.15) is 4.91 Å². The summed E-state index contributed by atoms with van der Waals surface area (Å²) in [5.74, 6) is 0. The highest BCUT2D eigenvalue weighted by Gasteiger charge is 2.04. The van der Waals surface area contributed by atoms with Crippen LogP contribution in [0.4, 0.5) is 5.69 Å². The lowest BCUT2D eigenvalue weighted by atomic mass is 10.3. The first-order valence-corrected chi connectivity index (χ1v) is 5.79. The van der Waals surface area contributed by atoms with Crippen molar-refractivity contribution in [1.29, 1.82) is 0 Å². The molecule has 1 aromatic carbocycles. The van der Waals surface area contributed by atoms with E-state index in [1.165, 1.54) is 0 Å². The Hall–Kier alpha value is -1.11. The summed E-state index contributed by atoms with van der Waals surface area (Å²) in [5.41, 5.74) is 2.73. The van der Waals surface area contributed by atoms with Gasteiger partial charge in [0, 0.05) is 18.0 Å². The molecule has 0 amide bonds. The maximum absolute atomic E-state index is 10.0. The Balaban J connectivity index is 2.52. The minimum atomic E-state index is 0.303. The monoisotopic (exact) mass is 241 g/mol. The molecule has 0 fully saturated rings. The van der Waals surface area contributed by atoms with E-state index in [4.69, 9.17) is 5.21 Å². The van der Waals surface area contributed by atoms with Gasteiger partial charge in [-0.15, -0.1) is 0 Å². The van der Waals surface area contributed by atoms with Crippen LogP contribution in [0.3, 0.4) is 0 Å². The van der Waals surface area contributed by atoms with E-state index in [0.29, 0.717) is 18.8 Å². The second-order valence-electron chi connectivity index (χ2n) is 3.10. The lowest BCUT2D eigenvalue weighted by molar-refractivity contribution is 0.389. The summed E-state index contributed by atoms with van der Waals surface area (Å²) in [6.45, 7) is 3.82. The topological polar surface area (TPSA) is 64.9 Å². The summed E-state index contributed by atoms with van der Waals surface area (Å²) in [7, 11) is 0. The van der Waals surface area contributed by atoms with Crippen molar-refractivity contribution < 1.29 is 5.21 Å². The molecule has 0 aromatic heterocycles. The van der Waals surface area contributed by atoms with Crippen molar-refractivity contribution in [3.8, 4) is 0 Å². The molecule has 1 rings (SSSR count). The highest BCUT2D eigenvalue weighted by Crippen LogP contribution is 2.23. The van der Waals surface area contributed by atoms with Gasteiger partial charge in [-0.3, -0.25) is 10.7 Å². The van der Waals surface area contributed by atoms with Crippen molar-refractivity contribution in [1.82, 2.24) is 4.31 Å². The molecule has 0 radical (unpaired) electrons. The Morgan fingerprint density at radius 2 is 2.12 bits per heavy atom. The zero-order chi connectivity index (χ0) is 11.8. The van der Waals surface area contributed by atoms with Gasteiger partial charge in [0.15, 0.2) is 0 Å². The van der Waals surface area contributed by atoms with E-state index in [2.05, 4.69) is 15.0 Å². The largest absolute Gasteiger partial charge is 0.291 e. The van der Waals surface area contributed by atoms with Gasteiger partial charge in [-0.25, -0.2) is 4.31 Å². The SMILES string of the molecule is CCN(CCN=O)Sc1ccc(NO)cc1. The summed E-state index contributed by atoms with van der Waals surface area (Å²) >= 11 is 1.57. The van der Waals surface area contributed by atoms with Gasteiger partial charge in [-0.05, 0) is 36.2 Å². The van der Waals surface area contributed by atoms with Crippen LogP contribution in [0.5, 0.6) is 0 Å². The normalized spacial score (nSPS) is 10.4. The van der Waals surface area contributed by atoms with Crippen LogP contribution in [0, 0.1) is 4.91 Å². The minimum Gasteiger partial charge on any atom is -0.291 e. The molecule has 0 saturated carbocycles. The zero-order valence-corrected chi connectivity index (χ0v) is 9.91. The molecule has 0 saturated heterocycles. The van der Waals surface area contributed by atoms with Crippen molar-refractivity contribution >= 4 is 17.6 Å². The smallest absolute Gasteiger partial charge is 0.0947 e. The lowest BCUT2D eigenvalue weighted by Gasteiger charge is -2.17. The number of nitrogens with one attached hydrogen (secondary N) is 1. The fourth-order valence-corrected chi connectivity index (χ4v) is 2.02. The molecule has 16 heavy (non-hydrogen) atoms. The van der Waals surface area contributed by atoms with Crippen LogP contribution in [-0.4, -0.2) is 29.1 Å². The molecule has 2 N–H and O–H groups in total. The molecule has 88 valence electrons. The van der Waals surface area contributed by atoms with Crippen molar-refractivity contribution in [3.05, 3.63) is 29.2 Å². The number of nitroso groups, excluding NO2 is 1. The van der Waals surface area contributed by atoms with Crippen LogP contribution in [-0.2, 0) is 0 Å². The van der Waals surface area contributed by atoms with Gasteiger partial charge in [-0.1, -0.05) is 12.1 Å². The van der Waals surface area contributed by atoms with E-state index in [9.17, 15) is 4.91 Å². The van der Waals surface area contributed by atoms with Crippen molar-refractivity contribution in [2.75, 3.05) is 25.1 Å². The molecule has 0 aliphatic heterocycles. The lowest BCUT2D eigenvalue weighted by Crippen LogP contribution is -2.18. The number of benzene rings is 1. The average Bonchev–Trinajstić information content (AvgIpc) is 2.35. The Kier molecular flexibility index (Phi) is 5.84. The van der Waals surface area contributed by atoms with E-state index in [0.717, 1.165) is 11.4 Å². The maximum atomic E-state index is 10.0. The summed E-state index contributed by atoms with van der Waals surface area (Å²) in [4.78, 5) is 11.1. The molecule has 0 spiro atoms. The third-order valence-corrected chi connectivity index (χ3v) is 3.19. The van der Waals surface area contributed by atoms with Crippen LogP contribution in [0.1, 0.15) is 6.92 Å². The molecule has 6 heteroatoms. The Labute approximate surface area is 98.9 Å². The number of nitrogens with zero attached hydrogens (tertiary/aromatic N) is 2. The highest BCUT2D eigenvalue weighted by molar-refractivity contribution is 7.97. The number of hydrogen-bond acceptors (Lipinski definition) is 6.